The number of amidine groups is 1. The van der Waals surface area contributed by atoms with Gasteiger partial charge in [0.2, 0.25) is 5.91 Å². The number of rotatable bonds is 3. The molecular weight excluding hydrogens is 302 g/mol. The molecule has 2 heterocycles. The number of hydrogen-bond donors (Lipinski definition) is 0. The van der Waals surface area contributed by atoms with Crippen LogP contribution in [0.2, 0.25) is 0 Å². The summed E-state index contributed by atoms with van der Waals surface area (Å²) in [5.41, 5.74) is 0.432. The van der Waals surface area contributed by atoms with Crippen molar-refractivity contribution in [1.82, 2.24) is 4.90 Å². The highest BCUT2D eigenvalue weighted by molar-refractivity contribution is 8.15. The zero-order valence-corrected chi connectivity index (χ0v) is 12.2. The molecule has 0 saturated carbocycles. The van der Waals surface area contributed by atoms with Crippen LogP contribution in [-0.2, 0) is 4.79 Å². The van der Waals surface area contributed by atoms with Crippen LogP contribution < -0.4 is 0 Å². The van der Waals surface area contributed by atoms with E-state index in [0.717, 1.165) is 4.90 Å². The highest BCUT2D eigenvalue weighted by atomic mass is 32.2. The SMILES string of the molecule is O=C1CS/C(=N/N=C\c2ccco2)N1C(=O)c1ccccc1. The lowest BCUT2D eigenvalue weighted by molar-refractivity contribution is -0.122. The van der Waals surface area contributed by atoms with E-state index in [-0.39, 0.29) is 16.8 Å². The standard InChI is InChI=1S/C15H11N3O3S/c19-13-10-22-15(17-16-9-12-7-4-8-21-12)18(13)14(20)11-5-2-1-3-6-11/h1-9H,10H2/b16-9-,17-15+. The van der Waals surface area contributed by atoms with Gasteiger partial charge in [-0.05, 0) is 24.3 Å². The van der Waals surface area contributed by atoms with Crippen LogP contribution in [0.1, 0.15) is 16.1 Å². The van der Waals surface area contributed by atoms with E-state index in [1.54, 1.807) is 42.5 Å². The highest BCUT2D eigenvalue weighted by Crippen LogP contribution is 2.22. The molecular formula is C15H11N3O3S. The van der Waals surface area contributed by atoms with E-state index < -0.39 is 5.91 Å². The molecule has 0 radical (unpaired) electrons. The first-order valence-electron chi connectivity index (χ1n) is 6.45. The summed E-state index contributed by atoms with van der Waals surface area (Å²) < 4.78 is 5.09. The molecule has 6 nitrogen and oxygen atoms in total. The van der Waals surface area contributed by atoms with Crippen molar-refractivity contribution in [2.45, 2.75) is 0 Å². The minimum atomic E-state index is -0.400. The molecule has 0 spiro atoms. The average molecular weight is 313 g/mol. The fraction of sp³-hybridized carbons (Fsp3) is 0.0667. The summed E-state index contributed by atoms with van der Waals surface area (Å²) in [7, 11) is 0. The Morgan fingerprint density at radius 1 is 1.23 bits per heavy atom. The van der Waals surface area contributed by atoms with Gasteiger partial charge < -0.3 is 4.42 Å². The Balaban J connectivity index is 1.82. The second kappa shape index (κ2) is 6.40. The maximum Gasteiger partial charge on any atom is 0.266 e. The number of thioether (sulfide) groups is 1. The monoisotopic (exact) mass is 313 g/mol. The van der Waals surface area contributed by atoms with Gasteiger partial charge in [0.15, 0.2) is 5.17 Å². The van der Waals surface area contributed by atoms with E-state index in [4.69, 9.17) is 4.42 Å². The topological polar surface area (TPSA) is 75.2 Å². The number of hydrogen-bond acceptors (Lipinski definition) is 6. The van der Waals surface area contributed by atoms with E-state index in [2.05, 4.69) is 10.2 Å². The predicted molar refractivity (Wildman–Crippen MR) is 83.8 cm³/mol. The van der Waals surface area contributed by atoms with Gasteiger partial charge in [0.25, 0.3) is 5.91 Å². The highest BCUT2D eigenvalue weighted by Gasteiger charge is 2.34. The van der Waals surface area contributed by atoms with Gasteiger partial charge in [-0.1, -0.05) is 30.0 Å². The normalized spacial score (nSPS) is 16.8. The first kappa shape index (κ1) is 14.3. The van der Waals surface area contributed by atoms with Gasteiger partial charge >= 0.3 is 0 Å². The van der Waals surface area contributed by atoms with E-state index >= 15 is 0 Å². The molecule has 0 unspecified atom stereocenters. The van der Waals surface area contributed by atoms with Crippen LogP contribution in [0.3, 0.4) is 0 Å². The molecule has 2 aromatic rings. The Hall–Kier alpha value is -2.67. The molecule has 1 aromatic carbocycles. The van der Waals surface area contributed by atoms with Crippen molar-refractivity contribution < 1.29 is 14.0 Å². The first-order chi connectivity index (χ1) is 10.8. The number of nitrogens with zero attached hydrogens (tertiary/aromatic N) is 3. The Kier molecular flexibility index (Phi) is 4.15. The van der Waals surface area contributed by atoms with Crippen LogP contribution in [0, 0.1) is 0 Å². The van der Waals surface area contributed by atoms with Crippen LogP contribution in [0.5, 0.6) is 0 Å². The van der Waals surface area contributed by atoms with Gasteiger partial charge in [0.05, 0.1) is 18.2 Å². The third kappa shape index (κ3) is 2.99. The molecule has 0 atom stereocenters. The predicted octanol–water partition coefficient (Wildman–Crippen LogP) is 2.39. The van der Waals surface area contributed by atoms with Crippen molar-refractivity contribution in [3.63, 3.8) is 0 Å². The largest absolute Gasteiger partial charge is 0.463 e. The van der Waals surface area contributed by atoms with E-state index in [1.165, 1.54) is 24.2 Å². The molecule has 2 amide bonds. The zero-order chi connectivity index (χ0) is 15.4. The van der Waals surface area contributed by atoms with Crippen molar-refractivity contribution in [3.05, 3.63) is 60.1 Å². The van der Waals surface area contributed by atoms with Gasteiger partial charge in [-0.25, -0.2) is 4.90 Å². The molecule has 0 N–H and O–H groups in total. The van der Waals surface area contributed by atoms with Gasteiger partial charge in [0.1, 0.15) is 5.76 Å². The summed E-state index contributed by atoms with van der Waals surface area (Å²) in [6, 6.07) is 12.1. The van der Waals surface area contributed by atoms with Gasteiger partial charge in [-0.2, -0.15) is 5.10 Å². The van der Waals surface area contributed by atoms with E-state index in [0.29, 0.717) is 11.3 Å². The summed E-state index contributed by atoms with van der Waals surface area (Å²) in [5, 5.41) is 8.07. The Bertz CT molecular complexity index is 739. The average Bonchev–Trinajstić information content (AvgIpc) is 3.18. The van der Waals surface area contributed by atoms with Crippen molar-refractivity contribution in [1.29, 1.82) is 0 Å². The molecule has 1 aliphatic rings. The molecule has 7 heteroatoms. The van der Waals surface area contributed by atoms with Crippen molar-refractivity contribution in [3.8, 4) is 0 Å². The zero-order valence-electron chi connectivity index (χ0n) is 11.4. The van der Waals surface area contributed by atoms with Gasteiger partial charge in [0, 0.05) is 5.56 Å². The lowest BCUT2D eigenvalue weighted by Crippen LogP contribution is -2.35. The van der Waals surface area contributed by atoms with Crippen LogP contribution >= 0.6 is 11.8 Å². The summed E-state index contributed by atoms with van der Waals surface area (Å²) >= 11 is 1.18. The lowest BCUT2D eigenvalue weighted by atomic mass is 10.2. The number of imide groups is 1. The molecule has 3 rings (SSSR count). The summed E-state index contributed by atoms with van der Waals surface area (Å²) in [6.07, 6.45) is 2.94. The number of furan rings is 1. The number of benzene rings is 1. The van der Waals surface area contributed by atoms with E-state index in [1.807, 2.05) is 0 Å². The number of carbonyl (C=O) groups is 2. The van der Waals surface area contributed by atoms with Crippen LogP contribution in [0.15, 0.2) is 63.3 Å². The molecule has 0 aliphatic carbocycles. The van der Waals surface area contributed by atoms with E-state index in [9.17, 15) is 9.59 Å². The first-order valence-corrected chi connectivity index (χ1v) is 7.44. The lowest BCUT2D eigenvalue weighted by Gasteiger charge is -2.12. The van der Waals surface area contributed by atoms with Gasteiger partial charge in [-0.3, -0.25) is 9.59 Å². The minimum absolute atomic E-state index is 0.174. The van der Waals surface area contributed by atoms with Gasteiger partial charge in [-0.15, -0.1) is 5.10 Å². The third-order valence-corrected chi connectivity index (χ3v) is 3.77. The fourth-order valence-corrected chi connectivity index (χ4v) is 2.65. The Morgan fingerprint density at radius 3 is 2.77 bits per heavy atom. The Morgan fingerprint density at radius 2 is 2.05 bits per heavy atom. The smallest absolute Gasteiger partial charge is 0.266 e. The molecule has 1 saturated heterocycles. The molecule has 1 aromatic heterocycles. The maximum atomic E-state index is 12.4. The quantitative estimate of drug-likeness (QED) is 0.495. The van der Waals surface area contributed by atoms with Crippen LogP contribution in [0.25, 0.3) is 0 Å². The summed E-state index contributed by atoms with van der Waals surface area (Å²) in [6.45, 7) is 0. The Labute approximate surface area is 130 Å². The summed E-state index contributed by atoms with van der Waals surface area (Å²) in [5.74, 6) is 0.0150. The van der Waals surface area contributed by atoms with Crippen LogP contribution in [-0.4, -0.2) is 33.8 Å². The van der Waals surface area contributed by atoms with Crippen LogP contribution in [0.4, 0.5) is 0 Å². The molecule has 110 valence electrons. The summed E-state index contributed by atoms with van der Waals surface area (Å²) in [4.78, 5) is 25.4. The molecule has 22 heavy (non-hydrogen) atoms. The van der Waals surface area contributed by atoms with Crippen molar-refractivity contribution in [2.24, 2.45) is 10.2 Å². The minimum Gasteiger partial charge on any atom is -0.463 e. The third-order valence-electron chi connectivity index (χ3n) is 2.86. The molecule has 0 bridgehead atoms. The number of carbonyl (C=O) groups excluding carboxylic acids is 2. The molecule has 1 aliphatic heterocycles. The molecule has 1 fully saturated rings. The van der Waals surface area contributed by atoms with Crippen molar-refractivity contribution >= 4 is 35.0 Å². The maximum absolute atomic E-state index is 12.4. The van der Waals surface area contributed by atoms with Crippen molar-refractivity contribution in [2.75, 3.05) is 5.75 Å². The number of amides is 2. The fourth-order valence-electron chi connectivity index (χ4n) is 1.85. The second-order valence-corrected chi connectivity index (χ2v) is 5.27. The second-order valence-electron chi connectivity index (χ2n) is 4.33.